The highest BCUT2D eigenvalue weighted by molar-refractivity contribution is 6.58. The van der Waals surface area contributed by atoms with Crippen LogP contribution in [-0.2, 0) is 0 Å². The number of rotatable bonds is 4. The molecule has 3 rings (SSSR count). The number of H-pyrrole nitrogens is 2. The number of hydrogen-bond acceptors (Lipinski definition) is 6. The Kier molecular flexibility index (Phi) is 3.65. The molecule has 0 bridgehead atoms. The first-order chi connectivity index (χ1) is 10.6. The van der Waals surface area contributed by atoms with Gasteiger partial charge in [-0.15, -0.1) is 0 Å². The molecule has 0 aliphatic rings. The lowest BCUT2D eigenvalue weighted by atomic mass is 9.80. The van der Waals surface area contributed by atoms with Crippen LogP contribution in [0.15, 0.2) is 29.3 Å². The van der Waals surface area contributed by atoms with Gasteiger partial charge in [0, 0.05) is 0 Å². The quantitative estimate of drug-likeness (QED) is 0.477. The predicted octanol–water partition coefficient (Wildman–Crippen LogP) is -0.608. The zero-order valence-corrected chi connectivity index (χ0v) is 11.7. The van der Waals surface area contributed by atoms with E-state index in [9.17, 15) is 14.8 Å². The SMILES string of the molecule is CCOc1cc(B(O)O)ccc1-c1nc2nc[nH]c2c(=O)[nH]1. The van der Waals surface area contributed by atoms with Gasteiger partial charge in [0.2, 0.25) is 0 Å². The molecule has 22 heavy (non-hydrogen) atoms. The van der Waals surface area contributed by atoms with Crippen molar-refractivity contribution in [1.29, 1.82) is 0 Å². The predicted molar refractivity (Wildman–Crippen MR) is 80.9 cm³/mol. The Hall–Kier alpha value is -2.65. The van der Waals surface area contributed by atoms with Crippen molar-refractivity contribution in [1.82, 2.24) is 19.9 Å². The van der Waals surface area contributed by atoms with Crippen molar-refractivity contribution in [2.24, 2.45) is 0 Å². The fourth-order valence-electron chi connectivity index (χ4n) is 2.14. The Morgan fingerprint density at radius 2 is 2.18 bits per heavy atom. The molecule has 1 aromatic carbocycles. The molecule has 0 saturated carbocycles. The number of nitrogens with one attached hydrogen (secondary N) is 2. The number of benzene rings is 1. The molecule has 2 heterocycles. The first kappa shape index (κ1) is 14.3. The maximum Gasteiger partial charge on any atom is 0.488 e. The van der Waals surface area contributed by atoms with Gasteiger partial charge in [0.1, 0.15) is 11.6 Å². The topological polar surface area (TPSA) is 124 Å². The van der Waals surface area contributed by atoms with Crippen molar-refractivity contribution in [3.63, 3.8) is 0 Å². The summed E-state index contributed by atoms with van der Waals surface area (Å²) in [5.74, 6) is 0.693. The van der Waals surface area contributed by atoms with Gasteiger partial charge in [0.15, 0.2) is 11.2 Å². The van der Waals surface area contributed by atoms with Crippen LogP contribution in [0.25, 0.3) is 22.6 Å². The summed E-state index contributed by atoms with van der Waals surface area (Å²) in [6.07, 6.45) is 1.39. The molecule has 8 nitrogen and oxygen atoms in total. The molecule has 9 heteroatoms. The molecule has 2 aromatic heterocycles. The van der Waals surface area contributed by atoms with Crippen LogP contribution in [0, 0.1) is 0 Å². The number of fused-ring (bicyclic) bond motifs is 1. The highest BCUT2D eigenvalue weighted by atomic mass is 16.5. The van der Waals surface area contributed by atoms with E-state index in [0.717, 1.165) is 0 Å². The highest BCUT2D eigenvalue weighted by Crippen LogP contribution is 2.26. The molecule has 0 atom stereocenters. The van der Waals surface area contributed by atoms with Crippen LogP contribution in [0.5, 0.6) is 5.75 Å². The van der Waals surface area contributed by atoms with Crippen LogP contribution in [-0.4, -0.2) is 43.7 Å². The molecule has 112 valence electrons. The maximum atomic E-state index is 12.0. The van der Waals surface area contributed by atoms with Crippen molar-refractivity contribution in [3.05, 3.63) is 34.9 Å². The molecule has 0 unspecified atom stereocenters. The molecule has 0 aliphatic heterocycles. The number of aromatic amines is 2. The Morgan fingerprint density at radius 1 is 1.36 bits per heavy atom. The van der Waals surface area contributed by atoms with Crippen LogP contribution >= 0.6 is 0 Å². The summed E-state index contributed by atoms with van der Waals surface area (Å²) in [6, 6.07) is 4.63. The Labute approximate surface area is 125 Å². The van der Waals surface area contributed by atoms with Gasteiger partial charge in [-0.3, -0.25) is 4.79 Å². The van der Waals surface area contributed by atoms with E-state index in [2.05, 4.69) is 19.9 Å². The lowest BCUT2D eigenvalue weighted by molar-refractivity contribution is 0.341. The van der Waals surface area contributed by atoms with Gasteiger partial charge in [0.05, 0.1) is 18.5 Å². The van der Waals surface area contributed by atoms with Gasteiger partial charge < -0.3 is 24.8 Å². The van der Waals surface area contributed by atoms with E-state index in [4.69, 9.17) is 4.74 Å². The summed E-state index contributed by atoms with van der Waals surface area (Å²) in [7, 11) is -1.60. The Bertz CT molecular complexity index is 874. The van der Waals surface area contributed by atoms with Gasteiger partial charge in [-0.05, 0) is 24.5 Å². The monoisotopic (exact) mass is 300 g/mol. The number of nitrogens with zero attached hydrogens (tertiary/aromatic N) is 2. The molecule has 0 amide bonds. The third-order valence-corrected chi connectivity index (χ3v) is 3.15. The summed E-state index contributed by atoms with van der Waals surface area (Å²) in [5.41, 5.74) is 1.08. The lowest BCUT2D eigenvalue weighted by Gasteiger charge is -2.11. The Balaban J connectivity index is 2.18. The third kappa shape index (κ3) is 2.47. The minimum absolute atomic E-state index is 0.287. The standard InChI is InChI=1S/C13H13BN4O4/c1-2-22-9-5-7(14(20)21)3-4-8(9)11-17-12-10(13(19)18-11)15-6-16-12/h3-6,20-21H,2H2,1H3,(H2,15,16,17,18,19). The zero-order valence-electron chi connectivity index (χ0n) is 11.7. The third-order valence-electron chi connectivity index (χ3n) is 3.15. The fraction of sp³-hybridized carbons (Fsp3) is 0.154. The van der Waals surface area contributed by atoms with Crippen molar-refractivity contribution in [3.8, 4) is 17.1 Å². The van der Waals surface area contributed by atoms with Crippen molar-refractivity contribution in [2.45, 2.75) is 6.92 Å². The van der Waals surface area contributed by atoms with Crippen LogP contribution in [0.4, 0.5) is 0 Å². The smallest absolute Gasteiger partial charge is 0.488 e. The average Bonchev–Trinajstić information content (AvgIpc) is 2.96. The van der Waals surface area contributed by atoms with Crippen molar-refractivity contribution in [2.75, 3.05) is 6.61 Å². The van der Waals surface area contributed by atoms with E-state index in [0.29, 0.717) is 34.9 Å². The average molecular weight is 300 g/mol. The maximum absolute atomic E-state index is 12.0. The second kappa shape index (κ2) is 5.62. The molecule has 3 aromatic rings. The van der Waals surface area contributed by atoms with Gasteiger partial charge in [-0.2, -0.15) is 0 Å². The second-order valence-corrected chi connectivity index (χ2v) is 4.58. The molecule has 0 spiro atoms. The second-order valence-electron chi connectivity index (χ2n) is 4.58. The van der Waals surface area contributed by atoms with Crippen LogP contribution in [0.2, 0.25) is 0 Å². The molecule has 0 fully saturated rings. The summed E-state index contributed by atoms with van der Waals surface area (Å²) in [4.78, 5) is 25.6. The normalized spacial score (nSPS) is 10.9. The zero-order chi connectivity index (χ0) is 15.7. The van der Waals surface area contributed by atoms with E-state index >= 15 is 0 Å². The highest BCUT2D eigenvalue weighted by Gasteiger charge is 2.17. The molecule has 0 radical (unpaired) electrons. The number of ether oxygens (including phenoxy) is 1. The van der Waals surface area contributed by atoms with Crippen molar-refractivity contribution < 1.29 is 14.8 Å². The molecular weight excluding hydrogens is 287 g/mol. The summed E-state index contributed by atoms with van der Waals surface area (Å²) >= 11 is 0. The van der Waals surface area contributed by atoms with Crippen LogP contribution < -0.4 is 15.8 Å². The minimum atomic E-state index is -1.60. The van der Waals surface area contributed by atoms with E-state index in [1.165, 1.54) is 18.5 Å². The van der Waals surface area contributed by atoms with Gasteiger partial charge in [0.25, 0.3) is 5.56 Å². The van der Waals surface area contributed by atoms with Gasteiger partial charge in [-0.1, -0.05) is 6.07 Å². The summed E-state index contributed by atoms with van der Waals surface area (Å²) in [6.45, 7) is 2.19. The van der Waals surface area contributed by atoms with Crippen molar-refractivity contribution >= 4 is 23.7 Å². The summed E-state index contributed by atoms with van der Waals surface area (Å²) < 4.78 is 5.50. The molecule has 0 aliphatic carbocycles. The van der Waals surface area contributed by atoms with E-state index in [1.807, 2.05) is 0 Å². The number of aromatic nitrogens is 4. The summed E-state index contributed by atoms with van der Waals surface area (Å²) in [5, 5.41) is 18.5. The van der Waals surface area contributed by atoms with Gasteiger partial charge in [-0.25, -0.2) is 9.97 Å². The first-order valence-corrected chi connectivity index (χ1v) is 6.66. The molecular formula is C13H13BN4O4. The van der Waals surface area contributed by atoms with Gasteiger partial charge >= 0.3 is 7.12 Å². The molecule has 4 N–H and O–H groups in total. The van der Waals surface area contributed by atoms with E-state index in [1.54, 1.807) is 13.0 Å². The first-order valence-electron chi connectivity index (χ1n) is 6.66. The minimum Gasteiger partial charge on any atom is -0.493 e. The fourth-order valence-corrected chi connectivity index (χ4v) is 2.14. The Morgan fingerprint density at radius 3 is 2.91 bits per heavy atom. The number of imidazole rings is 1. The largest absolute Gasteiger partial charge is 0.493 e. The van der Waals surface area contributed by atoms with Crippen LogP contribution in [0.3, 0.4) is 0 Å². The number of hydrogen-bond donors (Lipinski definition) is 4. The van der Waals surface area contributed by atoms with Crippen LogP contribution in [0.1, 0.15) is 6.92 Å². The van der Waals surface area contributed by atoms with E-state index in [-0.39, 0.29) is 11.0 Å². The molecule has 0 saturated heterocycles. The van der Waals surface area contributed by atoms with E-state index < -0.39 is 7.12 Å². The lowest BCUT2D eigenvalue weighted by Crippen LogP contribution is -2.29.